The van der Waals surface area contributed by atoms with Gasteiger partial charge in [0, 0.05) is 25.2 Å². The van der Waals surface area contributed by atoms with Crippen molar-refractivity contribution in [2.75, 3.05) is 0 Å². The van der Waals surface area contributed by atoms with Crippen LogP contribution in [0.5, 0.6) is 0 Å². The molecule has 0 aliphatic rings. The molecule has 3 aromatic carbocycles. The van der Waals surface area contributed by atoms with Gasteiger partial charge in [0.15, 0.2) is 22.3 Å². The zero-order valence-corrected chi connectivity index (χ0v) is 16.3. The van der Waals surface area contributed by atoms with Crippen LogP contribution in [0.1, 0.15) is 26.7 Å². The third kappa shape index (κ3) is 2.60. The largest absolute Gasteiger partial charge is 0.453 e. The minimum atomic E-state index is 0.884. The molecule has 0 radical (unpaired) electrons. The second kappa shape index (κ2) is 6.79. The molecule has 0 spiro atoms. The lowest BCUT2D eigenvalue weighted by atomic mass is 10.2. The Hall–Kier alpha value is -3.14. The Bertz CT molecular complexity index is 1240. The topological polar surface area (TPSA) is 36.1 Å². The van der Waals surface area contributed by atoms with E-state index in [1.54, 1.807) is 0 Å². The summed E-state index contributed by atoms with van der Waals surface area (Å²) < 4.78 is 17.3. The molecule has 0 aliphatic heterocycles. The van der Waals surface area contributed by atoms with Gasteiger partial charge >= 0.3 is 0 Å². The van der Waals surface area contributed by atoms with Gasteiger partial charge in [-0.25, -0.2) is 0 Å². The van der Waals surface area contributed by atoms with Crippen molar-refractivity contribution in [2.24, 2.45) is 0 Å². The number of fused-ring (bicyclic) bond motifs is 4. The third-order valence-corrected chi connectivity index (χ3v) is 5.27. The first kappa shape index (κ1) is 17.0. The van der Waals surface area contributed by atoms with Crippen LogP contribution >= 0.6 is 0 Å². The van der Waals surface area contributed by atoms with Crippen molar-refractivity contribution in [2.45, 2.75) is 39.8 Å². The van der Waals surface area contributed by atoms with Gasteiger partial charge in [-0.2, -0.15) is 0 Å². The van der Waals surface area contributed by atoms with Crippen molar-refractivity contribution in [1.29, 1.82) is 0 Å². The Morgan fingerprint density at radius 1 is 0.571 bits per heavy atom. The normalized spacial score (nSPS) is 11.8. The lowest BCUT2D eigenvalue weighted by Gasteiger charge is -2.17. The van der Waals surface area contributed by atoms with Gasteiger partial charge < -0.3 is 18.0 Å². The molecule has 0 amide bonds. The van der Waals surface area contributed by atoms with E-state index in [0.29, 0.717) is 0 Å². The molecular weight excluding hydrogens is 348 g/mol. The molecule has 28 heavy (non-hydrogen) atoms. The molecule has 0 bridgehead atoms. The van der Waals surface area contributed by atoms with E-state index in [1.165, 1.54) is 0 Å². The highest BCUT2D eigenvalue weighted by Crippen LogP contribution is 2.31. The number of aryl methyl sites for hydroxylation is 2. The third-order valence-electron chi connectivity index (χ3n) is 5.27. The van der Waals surface area contributed by atoms with Crippen LogP contribution in [0, 0.1) is 0 Å². The summed E-state index contributed by atoms with van der Waals surface area (Å²) in [5, 5.41) is 0. The molecule has 142 valence electrons. The van der Waals surface area contributed by atoms with Gasteiger partial charge in [0.1, 0.15) is 0 Å². The first-order chi connectivity index (χ1) is 13.8. The molecule has 2 heterocycles. The van der Waals surface area contributed by atoms with Crippen molar-refractivity contribution in [3.05, 3.63) is 60.7 Å². The van der Waals surface area contributed by atoms with Gasteiger partial charge in [-0.1, -0.05) is 38.1 Å². The van der Waals surface area contributed by atoms with E-state index in [0.717, 1.165) is 70.3 Å². The Morgan fingerprint density at radius 2 is 1.00 bits per heavy atom. The summed E-state index contributed by atoms with van der Waals surface area (Å²) in [7, 11) is 0. The average Bonchev–Trinajstić information content (AvgIpc) is 2.73. The highest BCUT2D eigenvalue weighted by atomic mass is 16.3. The molecule has 0 N–H and O–H groups in total. The van der Waals surface area contributed by atoms with E-state index < -0.39 is 0 Å². The molecule has 0 fully saturated rings. The van der Waals surface area contributed by atoms with Crippen molar-refractivity contribution < 1.29 is 8.83 Å². The summed E-state index contributed by atoms with van der Waals surface area (Å²) in [5.41, 5.74) is 7.93. The Balaban J connectivity index is 1.95. The van der Waals surface area contributed by atoms with Crippen LogP contribution in [-0.2, 0) is 13.1 Å². The van der Waals surface area contributed by atoms with Crippen molar-refractivity contribution in [1.82, 2.24) is 9.13 Å². The predicted molar refractivity (Wildman–Crippen MR) is 115 cm³/mol. The summed E-state index contributed by atoms with van der Waals surface area (Å²) in [6.45, 7) is 6.26. The van der Waals surface area contributed by atoms with E-state index in [2.05, 4.69) is 59.4 Å². The Labute approximate surface area is 163 Å². The first-order valence-electron chi connectivity index (χ1n) is 10.1. The van der Waals surface area contributed by atoms with Crippen molar-refractivity contribution >= 4 is 44.4 Å². The summed E-state index contributed by atoms with van der Waals surface area (Å²) in [6.07, 6.45) is 2.10. The molecular formula is C24H24N2O2. The van der Waals surface area contributed by atoms with E-state index in [9.17, 15) is 0 Å². The highest BCUT2D eigenvalue weighted by Gasteiger charge is 2.13. The van der Waals surface area contributed by atoms with Crippen LogP contribution < -0.4 is 0 Å². The number of hydrogen-bond acceptors (Lipinski definition) is 2. The SMILES string of the molecule is CCCn1c2ccccc2oc2cc3c(cc21)oc1ccccc1n3CCC. The quantitative estimate of drug-likeness (QED) is 0.317. The van der Waals surface area contributed by atoms with E-state index in [1.807, 2.05) is 24.3 Å². The van der Waals surface area contributed by atoms with Crippen LogP contribution in [-0.4, -0.2) is 9.13 Å². The molecule has 0 aliphatic carbocycles. The first-order valence-corrected chi connectivity index (χ1v) is 10.1. The average molecular weight is 372 g/mol. The van der Waals surface area contributed by atoms with Gasteiger partial charge in [-0.15, -0.1) is 0 Å². The number of rotatable bonds is 4. The maximum Gasteiger partial charge on any atom is 0.153 e. The van der Waals surface area contributed by atoms with E-state index >= 15 is 0 Å². The molecule has 0 unspecified atom stereocenters. The van der Waals surface area contributed by atoms with Gasteiger partial charge in [-0.05, 0) is 37.1 Å². The fourth-order valence-corrected chi connectivity index (χ4v) is 4.08. The summed E-state index contributed by atoms with van der Waals surface area (Å²) in [4.78, 5) is 0. The van der Waals surface area contributed by atoms with Crippen LogP contribution in [0.15, 0.2) is 69.5 Å². The molecule has 0 atom stereocenters. The second-order valence-electron chi connectivity index (χ2n) is 7.23. The molecule has 4 nitrogen and oxygen atoms in total. The summed E-state index contributed by atoms with van der Waals surface area (Å²) >= 11 is 0. The zero-order chi connectivity index (χ0) is 19.1. The lowest BCUT2D eigenvalue weighted by Crippen LogP contribution is -2.05. The van der Waals surface area contributed by atoms with Gasteiger partial charge in [0.2, 0.25) is 0 Å². The zero-order valence-electron chi connectivity index (χ0n) is 16.3. The van der Waals surface area contributed by atoms with Crippen LogP contribution in [0.2, 0.25) is 0 Å². The number of aromatic nitrogens is 2. The van der Waals surface area contributed by atoms with E-state index in [4.69, 9.17) is 8.83 Å². The molecule has 2 aromatic heterocycles. The summed E-state index contributed by atoms with van der Waals surface area (Å²) in [5.74, 6) is 0. The number of benzene rings is 3. The Kier molecular flexibility index (Phi) is 4.12. The second-order valence-corrected chi connectivity index (χ2v) is 7.23. The van der Waals surface area contributed by atoms with Crippen LogP contribution in [0.3, 0.4) is 0 Å². The maximum atomic E-state index is 6.31. The minimum absolute atomic E-state index is 0.884. The highest BCUT2D eigenvalue weighted by molar-refractivity contribution is 5.95. The minimum Gasteiger partial charge on any atom is -0.453 e. The van der Waals surface area contributed by atoms with E-state index in [-0.39, 0.29) is 0 Å². The number of nitrogens with zero attached hydrogens (tertiary/aromatic N) is 2. The van der Waals surface area contributed by atoms with Gasteiger partial charge in [0.25, 0.3) is 0 Å². The van der Waals surface area contributed by atoms with Gasteiger partial charge in [-0.3, -0.25) is 0 Å². The fraction of sp³-hybridized carbons (Fsp3) is 0.250. The van der Waals surface area contributed by atoms with Gasteiger partial charge in [0.05, 0.1) is 22.1 Å². The molecule has 0 saturated carbocycles. The van der Waals surface area contributed by atoms with Crippen LogP contribution in [0.25, 0.3) is 44.4 Å². The van der Waals surface area contributed by atoms with Crippen molar-refractivity contribution in [3.63, 3.8) is 0 Å². The molecule has 4 heteroatoms. The molecule has 0 saturated heterocycles. The Morgan fingerprint density at radius 3 is 1.43 bits per heavy atom. The van der Waals surface area contributed by atoms with Crippen molar-refractivity contribution in [3.8, 4) is 0 Å². The fourth-order valence-electron chi connectivity index (χ4n) is 4.08. The standard InChI is InChI=1S/C24H24N2O2/c1-3-13-25-17-9-5-7-11-21(17)27-23-16-20-24(15-19(23)25)28-22-12-8-6-10-18(22)26(20)14-4-2/h5-12,15-16H,3-4,13-14H2,1-2H3. The number of para-hydroxylation sites is 4. The smallest absolute Gasteiger partial charge is 0.153 e. The maximum absolute atomic E-state index is 6.31. The van der Waals surface area contributed by atoms with Crippen LogP contribution in [0.4, 0.5) is 0 Å². The summed E-state index contributed by atoms with van der Waals surface area (Å²) in [6, 6.07) is 20.7. The monoisotopic (exact) mass is 372 g/mol. The number of hydrogen-bond donors (Lipinski definition) is 0. The molecule has 5 rings (SSSR count). The predicted octanol–water partition coefficient (Wildman–Crippen LogP) is 7.03. The molecule has 5 aromatic rings. The lowest BCUT2D eigenvalue weighted by molar-refractivity contribution is 0.620.